The number of ether oxygens (including phenoxy) is 2. The Bertz CT molecular complexity index is 589. The van der Waals surface area contributed by atoms with Crippen LogP contribution in [-0.4, -0.2) is 44.7 Å². The first kappa shape index (κ1) is 17.8. The lowest BCUT2D eigenvalue weighted by atomic mass is 10.2. The molecule has 1 heterocycles. The fourth-order valence-electron chi connectivity index (χ4n) is 2.29. The molecule has 1 fully saturated rings. The van der Waals surface area contributed by atoms with Gasteiger partial charge >= 0.3 is 0 Å². The number of amides is 2. The zero-order chi connectivity index (χ0) is 16.8. The van der Waals surface area contributed by atoms with Gasteiger partial charge in [0.05, 0.1) is 17.2 Å². The van der Waals surface area contributed by atoms with E-state index in [9.17, 15) is 9.59 Å². The molecule has 0 saturated carbocycles. The Morgan fingerprint density at radius 1 is 1.26 bits per heavy atom. The van der Waals surface area contributed by atoms with E-state index in [0.29, 0.717) is 18.2 Å². The third kappa shape index (κ3) is 4.50. The van der Waals surface area contributed by atoms with E-state index in [1.54, 1.807) is 6.07 Å². The summed E-state index contributed by atoms with van der Waals surface area (Å²) in [5.74, 6) is -0.351. The van der Waals surface area contributed by atoms with Crippen LogP contribution in [0, 0.1) is 0 Å². The summed E-state index contributed by atoms with van der Waals surface area (Å²) in [6.45, 7) is 1.16. The molecule has 2 N–H and O–H groups in total. The number of hydrogen-bond donors (Lipinski definition) is 2. The van der Waals surface area contributed by atoms with E-state index in [4.69, 9.17) is 32.7 Å². The summed E-state index contributed by atoms with van der Waals surface area (Å²) in [6.07, 6.45) is 1.24. The molecule has 23 heavy (non-hydrogen) atoms. The summed E-state index contributed by atoms with van der Waals surface area (Å²) >= 11 is 12.0. The van der Waals surface area contributed by atoms with Gasteiger partial charge in [-0.1, -0.05) is 23.2 Å². The van der Waals surface area contributed by atoms with Crippen LogP contribution in [0.15, 0.2) is 12.1 Å². The van der Waals surface area contributed by atoms with Crippen molar-refractivity contribution in [3.05, 3.63) is 27.7 Å². The van der Waals surface area contributed by atoms with Gasteiger partial charge in [-0.25, -0.2) is 0 Å². The predicted octanol–water partition coefficient (Wildman–Crippen LogP) is 2.03. The van der Waals surface area contributed by atoms with Crippen molar-refractivity contribution in [2.75, 3.05) is 26.8 Å². The molecule has 6 nitrogen and oxygen atoms in total. The van der Waals surface area contributed by atoms with Gasteiger partial charge in [-0.15, -0.1) is 0 Å². The first-order chi connectivity index (χ1) is 11.0. The monoisotopic (exact) mass is 360 g/mol. The molecule has 1 atom stereocenters. The zero-order valence-electron chi connectivity index (χ0n) is 12.7. The van der Waals surface area contributed by atoms with E-state index in [1.807, 2.05) is 0 Å². The Kier molecular flexibility index (Phi) is 6.50. The van der Waals surface area contributed by atoms with Gasteiger partial charge < -0.3 is 20.1 Å². The van der Waals surface area contributed by atoms with Crippen LogP contribution >= 0.6 is 23.2 Å². The molecule has 1 aromatic carbocycles. The van der Waals surface area contributed by atoms with Gasteiger partial charge in [-0.3, -0.25) is 9.59 Å². The third-order valence-electron chi connectivity index (χ3n) is 3.42. The van der Waals surface area contributed by atoms with Crippen LogP contribution in [0.1, 0.15) is 23.2 Å². The molecule has 0 aromatic heterocycles. The maximum absolute atomic E-state index is 12.2. The predicted molar refractivity (Wildman–Crippen MR) is 87.3 cm³/mol. The number of benzene rings is 1. The highest BCUT2D eigenvalue weighted by Crippen LogP contribution is 2.33. The second-order valence-corrected chi connectivity index (χ2v) is 5.80. The molecular formula is C15H18Cl2N2O4. The molecule has 1 saturated heterocycles. The van der Waals surface area contributed by atoms with Crippen LogP contribution in [-0.2, 0) is 9.53 Å². The number of carbonyl (C=O) groups excluding carboxylic acids is 2. The highest BCUT2D eigenvalue weighted by atomic mass is 35.5. The summed E-state index contributed by atoms with van der Waals surface area (Å²) < 4.78 is 10.4. The molecule has 126 valence electrons. The quantitative estimate of drug-likeness (QED) is 0.761. The number of rotatable bonds is 6. The van der Waals surface area contributed by atoms with Crippen molar-refractivity contribution >= 4 is 35.0 Å². The van der Waals surface area contributed by atoms with Crippen molar-refractivity contribution in [1.29, 1.82) is 0 Å². The number of halogens is 2. The summed E-state index contributed by atoms with van der Waals surface area (Å²) in [5, 5.41) is 5.93. The topological polar surface area (TPSA) is 76.7 Å². The largest absolute Gasteiger partial charge is 0.494 e. The van der Waals surface area contributed by atoms with Crippen molar-refractivity contribution in [2.24, 2.45) is 0 Å². The molecule has 2 amide bonds. The summed E-state index contributed by atoms with van der Waals surface area (Å²) in [5.41, 5.74) is 0.173. The van der Waals surface area contributed by atoms with Crippen molar-refractivity contribution < 1.29 is 19.1 Å². The van der Waals surface area contributed by atoms with E-state index >= 15 is 0 Å². The minimum Gasteiger partial charge on any atom is -0.494 e. The molecule has 1 unspecified atom stereocenters. The smallest absolute Gasteiger partial charge is 0.256 e. The van der Waals surface area contributed by atoms with Gasteiger partial charge in [-0.2, -0.15) is 0 Å². The lowest BCUT2D eigenvalue weighted by Crippen LogP contribution is -2.39. The normalized spacial score (nSPS) is 16.9. The van der Waals surface area contributed by atoms with Crippen molar-refractivity contribution in [1.82, 2.24) is 10.6 Å². The third-order valence-corrected chi connectivity index (χ3v) is 4.03. The van der Waals surface area contributed by atoms with Gasteiger partial charge in [0.15, 0.2) is 5.75 Å². The Hall–Kier alpha value is -1.50. The first-order valence-electron chi connectivity index (χ1n) is 7.24. The highest BCUT2D eigenvalue weighted by molar-refractivity contribution is 6.37. The lowest BCUT2D eigenvalue weighted by Gasteiger charge is -2.13. The fraction of sp³-hybridized carbons (Fsp3) is 0.467. The van der Waals surface area contributed by atoms with Crippen LogP contribution in [0.25, 0.3) is 0 Å². The standard InChI is InChI=1S/C15H18Cl2N2O4/c1-22-13-10(17)5-4-9(16)12(13)15(21)19-7-6-18-14(20)11-3-2-8-23-11/h4-5,11H,2-3,6-8H2,1H3,(H,18,20)(H,19,21). The summed E-state index contributed by atoms with van der Waals surface area (Å²) in [4.78, 5) is 24.0. The van der Waals surface area contributed by atoms with E-state index in [2.05, 4.69) is 10.6 Å². The van der Waals surface area contributed by atoms with E-state index in [0.717, 1.165) is 12.8 Å². The zero-order valence-corrected chi connectivity index (χ0v) is 14.2. The summed E-state index contributed by atoms with van der Waals surface area (Å²) in [7, 11) is 1.41. The average Bonchev–Trinajstić information content (AvgIpc) is 3.07. The van der Waals surface area contributed by atoms with Crippen LogP contribution in [0.3, 0.4) is 0 Å². The molecule has 0 radical (unpaired) electrons. The number of carbonyl (C=O) groups is 2. The van der Waals surface area contributed by atoms with Gasteiger partial charge in [0.2, 0.25) is 5.91 Å². The van der Waals surface area contributed by atoms with Crippen molar-refractivity contribution in [2.45, 2.75) is 18.9 Å². The second-order valence-electron chi connectivity index (χ2n) is 4.99. The molecule has 0 bridgehead atoms. The Balaban J connectivity index is 1.85. The van der Waals surface area contributed by atoms with Crippen LogP contribution < -0.4 is 15.4 Å². The maximum Gasteiger partial charge on any atom is 0.256 e. The Morgan fingerprint density at radius 2 is 1.96 bits per heavy atom. The molecule has 0 aliphatic carbocycles. The minimum absolute atomic E-state index is 0.157. The van der Waals surface area contributed by atoms with Crippen LogP contribution in [0.5, 0.6) is 5.75 Å². The number of hydrogen-bond acceptors (Lipinski definition) is 4. The Morgan fingerprint density at radius 3 is 2.61 bits per heavy atom. The van der Waals surface area contributed by atoms with Gasteiger partial charge in [0, 0.05) is 19.7 Å². The molecule has 1 aliphatic heterocycles. The fourth-order valence-corrected chi connectivity index (χ4v) is 2.76. The Labute approximate surface area is 144 Å². The first-order valence-corrected chi connectivity index (χ1v) is 7.99. The minimum atomic E-state index is -0.416. The van der Waals surface area contributed by atoms with Crippen LogP contribution in [0.4, 0.5) is 0 Å². The van der Waals surface area contributed by atoms with E-state index in [1.165, 1.54) is 13.2 Å². The average molecular weight is 361 g/mol. The molecule has 0 spiro atoms. The lowest BCUT2D eigenvalue weighted by molar-refractivity contribution is -0.129. The van der Waals surface area contributed by atoms with Gasteiger partial charge in [0.25, 0.3) is 5.91 Å². The van der Waals surface area contributed by atoms with Crippen molar-refractivity contribution in [3.63, 3.8) is 0 Å². The van der Waals surface area contributed by atoms with E-state index in [-0.39, 0.29) is 34.9 Å². The van der Waals surface area contributed by atoms with Crippen LogP contribution in [0.2, 0.25) is 10.0 Å². The molecule has 1 aliphatic rings. The van der Waals surface area contributed by atoms with Gasteiger partial charge in [-0.05, 0) is 25.0 Å². The molecule has 8 heteroatoms. The molecule has 2 rings (SSSR count). The highest BCUT2D eigenvalue weighted by Gasteiger charge is 2.23. The second kappa shape index (κ2) is 8.38. The van der Waals surface area contributed by atoms with Crippen molar-refractivity contribution in [3.8, 4) is 5.75 Å². The number of nitrogens with one attached hydrogen (secondary N) is 2. The maximum atomic E-state index is 12.2. The number of methoxy groups -OCH3 is 1. The summed E-state index contributed by atoms with van der Waals surface area (Å²) in [6, 6.07) is 3.09. The molecule has 1 aromatic rings. The van der Waals surface area contributed by atoms with Gasteiger partial charge in [0.1, 0.15) is 11.7 Å². The molecular weight excluding hydrogens is 343 g/mol. The SMILES string of the molecule is COc1c(Cl)ccc(Cl)c1C(=O)NCCNC(=O)C1CCCO1. The van der Waals surface area contributed by atoms with E-state index < -0.39 is 5.91 Å².